The van der Waals surface area contributed by atoms with Gasteiger partial charge in [-0.2, -0.15) is 0 Å². The fourth-order valence-electron chi connectivity index (χ4n) is 3.11. The van der Waals surface area contributed by atoms with E-state index in [1.54, 1.807) is 6.07 Å². The van der Waals surface area contributed by atoms with Gasteiger partial charge in [-0.05, 0) is 26.0 Å². The molecule has 0 aromatic heterocycles. The van der Waals surface area contributed by atoms with Gasteiger partial charge in [0.2, 0.25) is 6.79 Å². The second kappa shape index (κ2) is 6.73. The molecule has 1 aromatic carbocycles. The predicted octanol–water partition coefficient (Wildman–Crippen LogP) is -0.153. The first kappa shape index (κ1) is 15.4. The van der Waals surface area contributed by atoms with Crippen molar-refractivity contribution < 1.29 is 29.0 Å². The Kier molecular flexibility index (Phi) is 4.71. The average Bonchev–Trinajstić information content (AvgIpc) is 2.91. The second-order valence-electron chi connectivity index (χ2n) is 6.10. The summed E-state index contributed by atoms with van der Waals surface area (Å²) in [6.45, 7) is 7.18. The molecule has 2 N–H and O–H groups in total. The van der Waals surface area contributed by atoms with Gasteiger partial charge < -0.3 is 29.0 Å². The van der Waals surface area contributed by atoms with E-state index >= 15 is 0 Å². The van der Waals surface area contributed by atoms with E-state index in [4.69, 9.17) is 18.9 Å². The fraction of sp³-hybridized carbons (Fsp3) is 0.625. The van der Waals surface area contributed by atoms with Crippen molar-refractivity contribution in [2.75, 3.05) is 33.0 Å². The van der Waals surface area contributed by atoms with Gasteiger partial charge in [-0.1, -0.05) is 0 Å². The number of aliphatic hydroxyl groups excluding tert-OH is 1. The topological polar surface area (TPSA) is 61.6 Å². The first-order valence-corrected chi connectivity index (χ1v) is 7.79. The third-order valence-corrected chi connectivity index (χ3v) is 3.93. The summed E-state index contributed by atoms with van der Waals surface area (Å²) in [6.07, 6.45) is -0.0284. The number of quaternary nitrogens is 1. The van der Waals surface area contributed by atoms with E-state index in [-0.39, 0.29) is 25.6 Å². The highest BCUT2D eigenvalue weighted by molar-refractivity contribution is 5.46. The largest absolute Gasteiger partial charge is 0.491 e. The lowest BCUT2D eigenvalue weighted by molar-refractivity contribution is -0.918. The minimum absolute atomic E-state index is 0.237. The summed E-state index contributed by atoms with van der Waals surface area (Å²) in [7, 11) is 0. The van der Waals surface area contributed by atoms with Gasteiger partial charge in [0.25, 0.3) is 0 Å². The lowest BCUT2D eigenvalue weighted by Crippen LogP contribution is -3.16. The van der Waals surface area contributed by atoms with Crippen LogP contribution < -0.4 is 19.1 Å². The van der Waals surface area contributed by atoms with Gasteiger partial charge in [0.15, 0.2) is 11.5 Å². The van der Waals surface area contributed by atoms with Gasteiger partial charge in [0.1, 0.15) is 50.3 Å². The van der Waals surface area contributed by atoms with Crippen molar-refractivity contribution in [1.82, 2.24) is 0 Å². The van der Waals surface area contributed by atoms with Crippen molar-refractivity contribution in [3.05, 3.63) is 18.2 Å². The Morgan fingerprint density at radius 1 is 1.23 bits per heavy atom. The predicted molar refractivity (Wildman–Crippen MR) is 79.6 cm³/mol. The van der Waals surface area contributed by atoms with Crippen LogP contribution in [0.25, 0.3) is 0 Å². The Bertz CT molecular complexity index is 499. The molecule has 2 heterocycles. The monoisotopic (exact) mass is 310 g/mol. The maximum Gasteiger partial charge on any atom is 0.231 e. The van der Waals surface area contributed by atoms with Gasteiger partial charge in [-0.25, -0.2) is 0 Å². The number of morpholine rings is 1. The molecule has 1 fully saturated rings. The van der Waals surface area contributed by atoms with Crippen LogP contribution >= 0.6 is 0 Å². The Morgan fingerprint density at radius 3 is 2.73 bits per heavy atom. The van der Waals surface area contributed by atoms with Crippen LogP contribution in [0.4, 0.5) is 0 Å². The molecular weight excluding hydrogens is 286 g/mol. The number of hydrogen-bond acceptors (Lipinski definition) is 5. The molecule has 0 saturated carbocycles. The number of ether oxygens (including phenoxy) is 4. The minimum atomic E-state index is -0.502. The SMILES string of the molecule is C[C@@H]1C[NH+](C[C@H](O)COc2ccc3c(c2)OCO3)C[C@@H](C)O1. The normalized spacial score (nSPS) is 28.4. The molecule has 0 radical (unpaired) electrons. The Hall–Kier alpha value is -1.50. The lowest BCUT2D eigenvalue weighted by atomic mass is 10.2. The molecule has 6 nitrogen and oxygen atoms in total. The Labute approximate surface area is 130 Å². The van der Waals surface area contributed by atoms with E-state index in [9.17, 15) is 5.11 Å². The van der Waals surface area contributed by atoms with Crippen LogP contribution in [0, 0.1) is 0 Å². The second-order valence-corrected chi connectivity index (χ2v) is 6.10. The maximum absolute atomic E-state index is 10.2. The molecule has 0 aliphatic carbocycles. The zero-order chi connectivity index (χ0) is 15.5. The molecule has 22 heavy (non-hydrogen) atoms. The van der Waals surface area contributed by atoms with Crippen molar-refractivity contribution in [3.8, 4) is 17.2 Å². The van der Waals surface area contributed by atoms with Crippen molar-refractivity contribution in [2.45, 2.75) is 32.2 Å². The van der Waals surface area contributed by atoms with Crippen molar-refractivity contribution in [2.24, 2.45) is 0 Å². The summed E-state index contributed by atoms with van der Waals surface area (Å²) in [6, 6.07) is 5.44. The molecule has 1 saturated heterocycles. The lowest BCUT2D eigenvalue weighted by Gasteiger charge is -2.33. The molecule has 6 heteroatoms. The molecule has 0 bridgehead atoms. The van der Waals surface area contributed by atoms with Crippen LogP contribution in [0.3, 0.4) is 0 Å². The van der Waals surface area contributed by atoms with Crippen LogP contribution in [0.15, 0.2) is 18.2 Å². The molecular formula is C16H24NO5+. The smallest absolute Gasteiger partial charge is 0.231 e. The first-order valence-electron chi connectivity index (χ1n) is 7.79. The molecule has 0 amide bonds. The van der Waals surface area contributed by atoms with E-state index in [0.717, 1.165) is 18.8 Å². The number of hydrogen-bond donors (Lipinski definition) is 2. The molecule has 122 valence electrons. The summed E-state index contributed by atoms with van der Waals surface area (Å²) in [5.74, 6) is 2.10. The molecule has 2 aliphatic heterocycles. The fourth-order valence-corrected chi connectivity index (χ4v) is 3.11. The average molecular weight is 310 g/mol. The summed E-state index contributed by atoms with van der Waals surface area (Å²) >= 11 is 0. The highest BCUT2D eigenvalue weighted by atomic mass is 16.7. The van der Waals surface area contributed by atoms with E-state index < -0.39 is 6.10 Å². The number of fused-ring (bicyclic) bond motifs is 1. The van der Waals surface area contributed by atoms with Crippen LogP contribution in [-0.2, 0) is 4.74 Å². The highest BCUT2D eigenvalue weighted by Gasteiger charge is 2.27. The van der Waals surface area contributed by atoms with E-state index in [2.05, 4.69) is 13.8 Å². The molecule has 1 aromatic rings. The molecule has 3 rings (SSSR count). The van der Waals surface area contributed by atoms with Crippen LogP contribution in [-0.4, -0.2) is 56.5 Å². The Morgan fingerprint density at radius 2 is 1.95 bits per heavy atom. The van der Waals surface area contributed by atoms with E-state index in [1.165, 1.54) is 4.90 Å². The zero-order valence-corrected chi connectivity index (χ0v) is 13.1. The Balaban J connectivity index is 1.47. The quantitative estimate of drug-likeness (QED) is 0.792. The number of nitrogens with one attached hydrogen (secondary N) is 1. The number of benzene rings is 1. The van der Waals surface area contributed by atoms with Gasteiger partial charge in [0.05, 0.1) is 0 Å². The third-order valence-electron chi connectivity index (χ3n) is 3.93. The molecule has 2 aliphatic rings. The summed E-state index contributed by atoms with van der Waals surface area (Å²) in [5, 5.41) is 10.2. The molecule has 0 unspecified atom stereocenters. The standard InChI is InChI=1S/C16H23NO5/c1-11-6-17(7-12(2)22-11)8-13(18)9-19-14-3-4-15-16(5-14)21-10-20-15/h3-5,11-13,18H,6-10H2,1-2H3/p+1/t11-,12-,13+/m1/s1. The minimum Gasteiger partial charge on any atom is -0.491 e. The van der Waals surface area contributed by atoms with Gasteiger partial charge in [-0.15, -0.1) is 0 Å². The number of aliphatic hydroxyl groups is 1. The van der Waals surface area contributed by atoms with Crippen LogP contribution in [0.5, 0.6) is 17.2 Å². The van der Waals surface area contributed by atoms with E-state index in [1.807, 2.05) is 12.1 Å². The van der Waals surface area contributed by atoms with Crippen molar-refractivity contribution in [3.63, 3.8) is 0 Å². The van der Waals surface area contributed by atoms with Gasteiger partial charge >= 0.3 is 0 Å². The summed E-state index contributed by atoms with van der Waals surface area (Å²) < 4.78 is 21.9. The number of rotatable bonds is 5. The summed E-state index contributed by atoms with van der Waals surface area (Å²) in [5.41, 5.74) is 0. The van der Waals surface area contributed by atoms with Gasteiger partial charge in [0, 0.05) is 6.07 Å². The molecule has 3 atom stereocenters. The summed E-state index contributed by atoms with van der Waals surface area (Å²) in [4.78, 5) is 1.35. The molecule has 0 spiro atoms. The highest BCUT2D eigenvalue weighted by Crippen LogP contribution is 2.35. The third kappa shape index (κ3) is 3.82. The van der Waals surface area contributed by atoms with Crippen molar-refractivity contribution in [1.29, 1.82) is 0 Å². The first-order chi connectivity index (χ1) is 10.6. The maximum atomic E-state index is 10.2. The van der Waals surface area contributed by atoms with E-state index in [0.29, 0.717) is 18.0 Å². The van der Waals surface area contributed by atoms with Crippen molar-refractivity contribution >= 4 is 0 Å². The van der Waals surface area contributed by atoms with Gasteiger partial charge in [-0.3, -0.25) is 0 Å². The zero-order valence-electron chi connectivity index (χ0n) is 13.1. The van der Waals surface area contributed by atoms with Crippen LogP contribution in [0.1, 0.15) is 13.8 Å². The van der Waals surface area contributed by atoms with Crippen LogP contribution in [0.2, 0.25) is 0 Å².